The number of sulfonamides is 1. The minimum atomic E-state index is -3.38. The van der Waals surface area contributed by atoms with Crippen LogP contribution < -0.4 is 10.2 Å². The molecular weight excluding hydrogens is 348 g/mol. The maximum absolute atomic E-state index is 12.8. The van der Waals surface area contributed by atoms with Gasteiger partial charge in [-0.05, 0) is 30.7 Å². The summed E-state index contributed by atoms with van der Waals surface area (Å²) in [6.07, 6.45) is 0.926. The average Bonchev–Trinajstić information content (AvgIpc) is 3.06. The Bertz CT molecular complexity index is 630. The predicted octanol–water partition coefficient (Wildman–Crippen LogP) is 0.843. The first kappa shape index (κ1) is 19.5. The second kappa shape index (κ2) is 8.01. The lowest BCUT2D eigenvalue weighted by molar-refractivity contribution is 0.179. The van der Waals surface area contributed by atoms with Gasteiger partial charge in [0, 0.05) is 65.1 Å². The molecule has 1 aromatic carbocycles. The molecule has 1 unspecified atom stereocenters. The van der Waals surface area contributed by atoms with Crippen LogP contribution in [0.1, 0.15) is 6.42 Å². The first-order valence-electron chi connectivity index (χ1n) is 8.21. The molecule has 0 amide bonds. The molecule has 2 saturated heterocycles. The molecule has 0 bridgehead atoms. The molecule has 1 aromatic rings. The van der Waals surface area contributed by atoms with Gasteiger partial charge >= 0.3 is 0 Å². The van der Waals surface area contributed by atoms with Gasteiger partial charge in [0.25, 0.3) is 0 Å². The Hall–Kier alpha value is -0.860. The Morgan fingerprint density at radius 1 is 1.08 bits per heavy atom. The molecule has 1 atom stereocenters. The number of benzene rings is 1. The number of hydrogen-bond acceptors (Lipinski definition) is 5. The maximum atomic E-state index is 12.8. The van der Waals surface area contributed by atoms with Gasteiger partial charge in [-0.1, -0.05) is 0 Å². The van der Waals surface area contributed by atoms with E-state index in [1.54, 1.807) is 16.4 Å². The van der Waals surface area contributed by atoms with Gasteiger partial charge in [0.1, 0.15) is 0 Å². The Morgan fingerprint density at radius 2 is 1.71 bits per heavy atom. The zero-order chi connectivity index (χ0) is 16.4. The molecule has 2 fully saturated rings. The minimum Gasteiger partial charge on any atom is -0.378 e. The molecule has 24 heavy (non-hydrogen) atoms. The summed E-state index contributed by atoms with van der Waals surface area (Å²) < 4.78 is 27.3. The van der Waals surface area contributed by atoms with Crippen LogP contribution in [0.2, 0.25) is 0 Å². The monoisotopic (exact) mass is 374 g/mol. The van der Waals surface area contributed by atoms with Gasteiger partial charge in [-0.25, -0.2) is 8.42 Å². The first-order chi connectivity index (χ1) is 11.0. The van der Waals surface area contributed by atoms with Crippen molar-refractivity contribution in [2.75, 3.05) is 58.3 Å². The van der Waals surface area contributed by atoms with Crippen LogP contribution in [0, 0.1) is 0 Å². The third kappa shape index (κ3) is 4.03. The fourth-order valence-electron chi connectivity index (χ4n) is 3.34. The summed E-state index contributed by atoms with van der Waals surface area (Å²) >= 11 is 0. The highest BCUT2D eigenvalue weighted by Crippen LogP contribution is 2.25. The molecule has 2 aliphatic heterocycles. The zero-order valence-corrected chi connectivity index (χ0v) is 15.9. The average molecular weight is 375 g/mol. The fourth-order valence-corrected chi connectivity index (χ4v) is 4.83. The number of halogens is 1. The van der Waals surface area contributed by atoms with E-state index in [-0.39, 0.29) is 12.4 Å². The summed E-state index contributed by atoms with van der Waals surface area (Å²) in [5.41, 5.74) is 1.00. The smallest absolute Gasteiger partial charge is 0.243 e. The van der Waals surface area contributed by atoms with E-state index in [9.17, 15) is 8.42 Å². The van der Waals surface area contributed by atoms with E-state index in [1.165, 1.54) is 0 Å². The van der Waals surface area contributed by atoms with Gasteiger partial charge in [0.05, 0.1) is 4.90 Å². The molecule has 2 heterocycles. The number of piperazine rings is 1. The van der Waals surface area contributed by atoms with Crippen molar-refractivity contribution in [1.82, 2.24) is 14.5 Å². The number of anilines is 1. The standard InChI is InChI=1S/C16H26N4O2S.ClH/c1-18(2)14-3-5-16(6-4-14)23(21,22)20-10-7-15(13-20)19-11-8-17-9-12-19;/h3-6,15,17H,7-13H2,1-2H3;1H. The predicted molar refractivity (Wildman–Crippen MR) is 99.6 cm³/mol. The summed E-state index contributed by atoms with van der Waals surface area (Å²) in [6.45, 7) is 5.24. The topological polar surface area (TPSA) is 55.9 Å². The van der Waals surface area contributed by atoms with Crippen molar-refractivity contribution in [3.8, 4) is 0 Å². The molecule has 1 N–H and O–H groups in total. The van der Waals surface area contributed by atoms with Crippen molar-refractivity contribution in [3.63, 3.8) is 0 Å². The summed E-state index contributed by atoms with van der Waals surface area (Å²) in [6, 6.07) is 7.49. The first-order valence-corrected chi connectivity index (χ1v) is 9.65. The summed E-state index contributed by atoms with van der Waals surface area (Å²) in [4.78, 5) is 4.78. The van der Waals surface area contributed by atoms with E-state index in [1.807, 2.05) is 31.1 Å². The van der Waals surface area contributed by atoms with Crippen molar-refractivity contribution in [3.05, 3.63) is 24.3 Å². The minimum absolute atomic E-state index is 0. The van der Waals surface area contributed by atoms with E-state index < -0.39 is 10.0 Å². The fraction of sp³-hybridized carbons (Fsp3) is 0.625. The van der Waals surface area contributed by atoms with Crippen LogP contribution in [0.5, 0.6) is 0 Å². The molecule has 0 spiro atoms. The van der Waals surface area contributed by atoms with Crippen LogP contribution in [0.4, 0.5) is 5.69 Å². The summed E-state index contributed by atoms with van der Waals surface area (Å²) in [7, 11) is 0.513. The van der Waals surface area contributed by atoms with Gasteiger partial charge < -0.3 is 10.2 Å². The number of nitrogens with one attached hydrogen (secondary N) is 1. The zero-order valence-electron chi connectivity index (χ0n) is 14.3. The lowest BCUT2D eigenvalue weighted by atomic mass is 10.2. The lowest BCUT2D eigenvalue weighted by Gasteiger charge is -2.32. The van der Waals surface area contributed by atoms with Crippen molar-refractivity contribution < 1.29 is 8.42 Å². The molecule has 8 heteroatoms. The van der Waals surface area contributed by atoms with E-state index in [2.05, 4.69) is 10.2 Å². The van der Waals surface area contributed by atoms with Gasteiger partial charge in [-0.3, -0.25) is 4.90 Å². The largest absolute Gasteiger partial charge is 0.378 e. The maximum Gasteiger partial charge on any atom is 0.243 e. The normalized spacial score (nSPS) is 23.0. The molecule has 6 nitrogen and oxygen atoms in total. The van der Waals surface area contributed by atoms with Crippen LogP contribution in [0.15, 0.2) is 29.2 Å². The molecule has 2 aliphatic rings. The van der Waals surface area contributed by atoms with E-state index >= 15 is 0 Å². The molecule has 0 radical (unpaired) electrons. The molecule has 0 saturated carbocycles. The Balaban J connectivity index is 0.00000208. The molecule has 0 aliphatic carbocycles. The van der Waals surface area contributed by atoms with Crippen molar-refractivity contribution in [2.24, 2.45) is 0 Å². The highest BCUT2D eigenvalue weighted by Gasteiger charge is 2.35. The molecule has 136 valence electrons. The summed E-state index contributed by atoms with van der Waals surface area (Å²) in [5.74, 6) is 0. The van der Waals surface area contributed by atoms with E-state index in [0.29, 0.717) is 24.0 Å². The molecule has 3 rings (SSSR count). The van der Waals surface area contributed by atoms with E-state index in [0.717, 1.165) is 38.3 Å². The molecule has 0 aromatic heterocycles. The van der Waals surface area contributed by atoms with E-state index in [4.69, 9.17) is 0 Å². The van der Waals surface area contributed by atoms with Crippen LogP contribution in [-0.4, -0.2) is 77.0 Å². The molecular formula is C16H27ClN4O2S. The Kier molecular flexibility index (Phi) is 6.50. The second-order valence-corrected chi connectivity index (χ2v) is 8.42. The number of hydrogen-bond donors (Lipinski definition) is 1. The van der Waals surface area contributed by atoms with Crippen LogP contribution in [0.25, 0.3) is 0 Å². The van der Waals surface area contributed by atoms with Crippen LogP contribution in [0.3, 0.4) is 0 Å². The lowest BCUT2D eigenvalue weighted by Crippen LogP contribution is -2.49. The second-order valence-electron chi connectivity index (χ2n) is 6.48. The van der Waals surface area contributed by atoms with Crippen LogP contribution >= 0.6 is 12.4 Å². The summed E-state index contributed by atoms with van der Waals surface area (Å²) in [5, 5.41) is 3.34. The van der Waals surface area contributed by atoms with Gasteiger partial charge in [-0.15, -0.1) is 12.4 Å². The van der Waals surface area contributed by atoms with Gasteiger partial charge in [0.15, 0.2) is 0 Å². The highest BCUT2D eigenvalue weighted by atomic mass is 35.5. The number of nitrogens with zero attached hydrogens (tertiary/aromatic N) is 3. The Morgan fingerprint density at radius 3 is 2.29 bits per heavy atom. The van der Waals surface area contributed by atoms with Crippen molar-refractivity contribution in [2.45, 2.75) is 17.4 Å². The quantitative estimate of drug-likeness (QED) is 0.846. The van der Waals surface area contributed by atoms with Crippen molar-refractivity contribution >= 4 is 28.1 Å². The third-order valence-corrected chi connectivity index (χ3v) is 6.66. The Labute approximate surface area is 151 Å². The van der Waals surface area contributed by atoms with Crippen LogP contribution in [-0.2, 0) is 10.0 Å². The third-order valence-electron chi connectivity index (χ3n) is 4.78. The SMILES string of the molecule is CN(C)c1ccc(S(=O)(=O)N2CCC(N3CCNCC3)C2)cc1.Cl. The number of rotatable bonds is 4. The van der Waals surface area contributed by atoms with Crippen molar-refractivity contribution in [1.29, 1.82) is 0 Å². The highest BCUT2D eigenvalue weighted by molar-refractivity contribution is 7.89. The van der Waals surface area contributed by atoms with Gasteiger partial charge in [0.2, 0.25) is 10.0 Å². The van der Waals surface area contributed by atoms with Gasteiger partial charge in [-0.2, -0.15) is 4.31 Å².